The van der Waals surface area contributed by atoms with Crippen molar-refractivity contribution in [2.24, 2.45) is 5.92 Å². The minimum Gasteiger partial charge on any atom is -0.496 e. The van der Waals surface area contributed by atoms with Gasteiger partial charge in [-0.15, -0.1) is 0 Å². The first kappa shape index (κ1) is 32.5. The molecule has 2 aliphatic rings. The number of esters is 1. The van der Waals surface area contributed by atoms with Gasteiger partial charge in [0.15, 0.2) is 0 Å². The number of carbonyl (C=O) groups is 4. The van der Waals surface area contributed by atoms with E-state index >= 15 is 0 Å². The van der Waals surface area contributed by atoms with Crippen LogP contribution in [0.25, 0.3) is 0 Å². The highest BCUT2D eigenvalue weighted by Gasteiger charge is 2.31. The molecule has 3 rings (SSSR count). The van der Waals surface area contributed by atoms with Crippen molar-refractivity contribution in [3.63, 3.8) is 0 Å². The highest BCUT2D eigenvalue weighted by Crippen LogP contribution is 2.28. The molecule has 12 heteroatoms. The average molecular weight is 588 g/mol. The molecular formula is C30H41N3O9. The molecule has 0 bridgehead atoms. The van der Waals surface area contributed by atoms with Crippen molar-refractivity contribution in [3.05, 3.63) is 53.8 Å². The third kappa shape index (κ3) is 8.97. The summed E-state index contributed by atoms with van der Waals surface area (Å²) in [6.07, 6.45) is 6.17. The number of nitrogens with one attached hydrogen (secondary N) is 1. The fourth-order valence-corrected chi connectivity index (χ4v) is 4.83. The maximum Gasteiger partial charge on any atom is 0.409 e. The minimum atomic E-state index is -0.709. The van der Waals surface area contributed by atoms with Gasteiger partial charge < -0.3 is 38.8 Å². The Morgan fingerprint density at radius 2 is 1.74 bits per heavy atom. The number of amides is 3. The van der Waals surface area contributed by atoms with Crippen LogP contribution in [0.4, 0.5) is 9.59 Å². The minimum absolute atomic E-state index is 0.0374. The van der Waals surface area contributed by atoms with E-state index in [2.05, 4.69) is 5.32 Å². The summed E-state index contributed by atoms with van der Waals surface area (Å²) in [5.74, 6) is -0.105. The molecule has 1 fully saturated rings. The molecule has 1 atom stereocenters. The van der Waals surface area contributed by atoms with Gasteiger partial charge in [-0.3, -0.25) is 9.59 Å². The Labute approximate surface area is 246 Å². The zero-order valence-corrected chi connectivity index (χ0v) is 24.7. The first-order chi connectivity index (χ1) is 20.3. The lowest BCUT2D eigenvalue weighted by atomic mass is 9.85. The molecule has 0 saturated heterocycles. The molecule has 1 aromatic carbocycles. The SMILES string of the molecule is CCOC(=O)C1CCC(N(C)C(=O)OCC(COC(=O)NCC2=CC=CCN2C(=O)c2ccccc2OC)OC)CC1. The summed E-state index contributed by atoms with van der Waals surface area (Å²) in [5.41, 5.74) is 0.998. The maximum absolute atomic E-state index is 13.2. The molecule has 0 aromatic heterocycles. The molecule has 1 aliphatic carbocycles. The van der Waals surface area contributed by atoms with E-state index in [1.54, 1.807) is 49.2 Å². The summed E-state index contributed by atoms with van der Waals surface area (Å²) < 4.78 is 26.4. The Morgan fingerprint density at radius 3 is 2.43 bits per heavy atom. The highest BCUT2D eigenvalue weighted by molar-refractivity contribution is 5.98. The van der Waals surface area contributed by atoms with Crippen molar-refractivity contribution >= 4 is 24.1 Å². The molecule has 1 heterocycles. The number of rotatable bonds is 12. The van der Waals surface area contributed by atoms with Crippen LogP contribution in [-0.2, 0) is 23.7 Å². The molecule has 1 N–H and O–H groups in total. The first-order valence-electron chi connectivity index (χ1n) is 14.1. The predicted octanol–water partition coefficient (Wildman–Crippen LogP) is 3.52. The zero-order chi connectivity index (χ0) is 30.5. The van der Waals surface area contributed by atoms with E-state index in [4.69, 9.17) is 23.7 Å². The quantitative estimate of drug-likeness (QED) is 0.288. The van der Waals surface area contributed by atoms with E-state index in [-0.39, 0.29) is 43.6 Å². The second kappa shape index (κ2) is 16.4. The Morgan fingerprint density at radius 1 is 1.02 bits per heavy atom. The molecule has 3 amide bonds. The summed E-state index contributed by atoms with van der Waals surface area (Å²) in [6.45, 7) is 2.29. The molecular weight excluding hydrogens is 546 g/mol. The molecule has 1 unspecified atom stereocenters. The third-order valence-electron chi connectivity index (χ3n) is 7.33. The molecule has 230 valence electrons. The van der Waals surface area contributed by atoms with Crippen LogP contribution in [0.1, 0.15) is 43.0 Å². The zero-order valence-electron chi connectivity index (χ0n) is 24.7. The largest absolute Gasteiger partial charge is 0.496 e. The number of methoxy groups -OCH3 is 2. The Balaban J connectivity index is 1.41. The van der Waals surface area contributed by atoms with Crippen LogP contribution in [0.3, 0.4) is 0 Å². The van der Waals surface area contributed by atoms with E-state index in [9.17, 15) is 19.2 Å². The van der Waals surface area contributed by atoms with E-state index in [0.29, 0.717) is 55.8 Å². The number of alkyl carbamates (subject to hydrolysis) is 1. The van der Waals surface area contributed by atoms with Gasteiger partial charge in [-0.2, -0.15) is 0 Å². The van der Waals surface area contributed by atoms with Gasteiger partial charge in [0.05, 0.1) is 31.7 Å². The summed E-state index contributed by atoms with van der Waals surface area (Å²) in [5, 5.41) is 2.65. The molecule has 1 aliphatic heterocycles. The van der Waals surface area contributed by atoms with Crippen molar-refractivity contribution < 1.29 is 42.9 Å². The summed E-state index contributed by atoms with van der Waals surface area (Å²) in [7, 11) is 4.60. The molecule has 12 nitrogen and oxygen atoms in total. The van der Waals surface area contributed by atoms with Crippen LogP contribution in [0.2, 0.25) is 0 Å². The number of benzene rings is 1. The van der Waals surface area contributed by atoms with Crippen LogP contribution in [-0.4, -0.2) is 100 Å². The fraction of sp³-hybridized carbons (Fsp3) is 0.533. The molecule has 0 spiro atoms. The van der Waals surface area contributed by atoms with Crippen LogP contribution in [0, 0.1) is 5.92 Å². The topological polar surface area (TPSA) is 133 Å². The van der Waals surface area contributed by atoms with E-state index < -0.39 is 18.3 Å². The number of nitrogens with zero attached hydrogens (tertiary/aromatic N) is 2. The van der Waals surface area contributed by atoms with Crippen LogP contribution >= 0.6 is 0 Å². The standard InChI is InChI=1S/C30H41N3O9/c1-5-40-28(35)21-13-15-22(16-14-21)32(2)30(37)42-20-24(38-3)19-41-29(36)31-18-23-10-8-9-17-33(23)27(34)25-11-6-7-12-26(25)39-4/h6-12,21-22,24H,5,13-20H2,1-4H3,(H,31,36). The van der Waals surface area contributed by atoms with Gasteiger partial charge in [0.1, 0.15) is 25.1 Å². The summed E-state index contributed by atoms with van der Waals surface area (Å²) in [6, 6.07) is 6.91. The van der Waals surface area contributed by atoms with Crippen LogP contribution < -0.4 is 10.1 Å². The highest BCUT2D eigenvalue weighted by atomic mass is 16.6. The van der Waals surface area contributed by atoms with Gasteiger partial charge in [-0.25, -0.2) is 9.59 Å². The lowest BCUT2D eigenvalue weighted by Crippen LogP contribution is -2.42. The molecule has 0 radical (unpaired) electrons. The smallest absolute Gasteiger partial charge is 0.409 e. The van der Waals surface area contributed by atoms with Crippen molar-refractivity contribution in [2.45, 2.75) is 44.8 Å². The lowest BCUT2D eigenvalue weighted by molar-refractivity contribution is -0.149. The van der Waals surface area contributed by atoms with Crippen LogP contribution in [0.15, 0.2) is 48.2 Å². The van der Waals surface area contributed by atoms with Gasteiger partial charge in [0.25, 0.3) is 5.91 Å². The van der Waals surface area contributed by atoms with Crippen LogP contribution in [0.5, 0.6) is 5.75 Å². The lowest BCUT2D eigenvalue weighted by Gasteiger charge is -2.33. The van der Waals surface area contributed by atoms with Crippen molar-refractivity contribution in [3.8, 4) is 5.75 Å². The third-order valence-corrected chi connectivity index (χ3v) is 7.33. The second-order valence-electron chi connectivity index (χ2n) is 9.96. The Hall–Kier alpha value is -4.06. The van der Waals surface area contributed by atoms with E-state index in [0.717, 1.165) is 0 Å². The summed E-state index contributed by atoms with van der Waals surface area (Å²) >= 11 is 0. The number of allylic oxidation sites excluding steroid dienone is 2. The number of para-hydroxylation sites is 1. The maximum atomic E-state index is 13.2. The van der Waals surface area contributed by atoms with Crippen molar-refractivity contribution in [1.82, 2.24) is 15.1 Å². The number of carbonyl (C=O) groups excluding carboxylic acids is 4. The van der Waals surface area contributed by atoms with Gasteiger partial charge in [-0.05, 0) is 50.8 Å². The van der Waals surface area contributed by atoms with Gasteiger partial charge >= 0.3 is 18.2 Å². The van der Waals surface area contributed by atoms with E-state index in [1.807, 2.05) is 12.2 Å². The van der Waals surface area contributed by atoms with Crippen molar-refractivity contribution in [1.29, 1.82) is 0 Å². The van der Waals surface area contributed by atoms with Gasteiger partial charge in [0, 0.05) is 32.4 Å². The molecule has 1 saturated carbocycles. The van der Waals surface area contributed by atoms with Crippen molar-refractivity contribution in [2.75, 3.05) is 54.2 Å². The van der Waals surface area contributed by atoms with Gasteiger partial charge in [-0.1, -0.05) is 24.3 Å². The number of ether oxygens (including phenoxy) is 5. The average Bonchev–Trinajstić information content (AvgIpc) is 3.03. The number of hydrogen-bond acceptors (Lipinski definition) is 9. The first-order valence-corrected chi connectivity index (χ1v) is 14.1. The normalized spacial score (nSPS) is 18.8. The monoisotopic (exact) mass is 587 g/mol. The van der Waals surface area contributed by atoms with Gasteiger partial charge in [0.2, 0.25) is 0 Å². The Bertz CT molecular complexity index is 1140. The molecule has 42 heavy (non-hydrogen) atoms. The summed E-state index contributed by atoms with van der Waals surface area (Å²) in [4.78, 5) is 53.2. The predicted molar refractivity (Wildman–Crippen MR) is 153 cm³/mol. The fourth-order valence-electron chi connectivity index (χ4n) is 4.83. The Kier molecular flexibility index (Phi) is 12.7. The molecule has 1 aromatic rings. The second-order valence-corrected chi connectivity index (χ2v) is 9.96. The van der Waals surface area contributed by atoms with E-state index in [1.165, 1.54) is 19.1 Å². The number of hydrogen-bond donors (Lipinski definition) is 1.